The van der Waals surface area contributed by atoms with Crippen molar-refractivity contribution in [1.29, 1.82) is 0 Å². The van der Waals surface area contributed by atoms with E-state index in [0.717, 1.165) is 11.1 Å². The molecule has 10 heteroatoms. The number of aryl methyl sites for hydroxylation is 1. The van der Waals surface area contributed by atoms with Crippen LogP contribution >= 0.6 is 12.2 Å². The van der Waals surface area contributed by atoms with Crippen LogP contribution in [0, 0.1) is 6.92 Å². The molecule has 2 aromatic carbocycles. The van der Waals surface area contributed by atoms with E-state index in [-0.39, 0.29) is 48.1 Å². The first-order valence-electron chi connectivity index (χ1n) is 11.3. The molecular weight excluding hydrogens is 466 g/mol. The molecule has 0 aliphatic carbocycles. The van der Waals surface area contributed by atoms with Gasteiger partial charge < -0.3 is 10.6 Å². The number of benzene rings is 2. The van der Waals surface area contributed by atoms with Crippen molar-refractivity contribution in [2.45, 2.75) is 45.7 Å². The molecule has 1 aliphatic heterocycles. The highest BCUT2D eigenvalue weighted by molar-refractivity contribution is 7.80. The number of amides is 4. The second-order valence-corrected chi connectivity index (χ2v) is 8.69. The van der Waals surface area contributed by atoms with Gasteiger partial charge in [-0.25, -0.2) is 5.01 Å². The number of hydrogen-bond donors (Lipinski definition) is 3. The average molecular weight is 496 g/mol. The van der Waals surface area contributed by atoms with Crippen LogP contribution in [0.1, 0.15) is 37.3 Å². The molecule has 2 aromatic rings. The van der Waals surface area contributed by atoms with Crippen LogP contribution in [0.4, 0.5) is 5.69 Å². The van der Waals surface area contributed by atoms with Crippen LogP contribution < -0.4 is 16.1 Å². The topological polar surface area (TPSA) is 111 Å². The molecule has 35 heavy (non-hydrogen) atoms. The Labute approximate surface area is 209 Å². The van der Waals surface area contributed by atoms with Crippen LogP contribution in [0.2, 0.25) is 0 Å². The Morgan fingerprint density at radius 3 is 2.46 bits per heavy atom. The fourth-order valence-corrected chi connectivity index (χ4v) is 4.01. The van der Waals surface area contributed by atoms with Gasteiger partial charge in [0.2, 0.25) is 17.7 Å². The van der Waals surface area contributed by atoms with Crippen molar-refractivity contribution < 1.29 is 19.2 Å². The van der Waals surface area contributed by atoms with Crippen LogP contribution in [0.15, 0.2) is 54.6 Å². The summed E-state index contributed by atoms with van der Waals surface area (Å²) in [4.78, 5) is 51.1. The van der Waals surface area contributed by atoms with E-state index in [1.807, 2.05) is 55.5 Å². The Morgan fingerprint density at radius 1 is 1.03 bits per heavy atom. The number of thiocarbonyl (C=S) groups is 1. The Kier molecular flexibility index (Phi) is 8.91. The number of rotatable bonds is 10. The van der Waals surface area contributed by atoms with Crippen LogP contribution in [0.25, 0.3) is 0 Å². The molecule has 3 N–H and O–H groups in total. The van der Waals surface area contributed by atoms with E-state index in [1.54, 1.807) is 6.07 Å². The third-order valence-corrected chi connectivity index (χ3v) is 5.78. The summed E-state index contributed by atoms with van der Waals surface area (Å²) in [5.74, 6) is -1.27. The zero-order valence-corrected chi connectivity index (χ0v) is 20.6. The summed E-state index contributed by atoms with van der Waals surface area (Å²) >= 11 is 5.53. The van der Waals surface area contributed by atoms with E-state index in [0.29, 0.717) is 18.7 Å². The van der Waals surface area contributed by atoms with Gasteiger partial charge >= 0.3 is 0 Å². The molecule has 1 saturated heterocycles. The molecule has 1 heterocycles. The van der Waals surface area contributed by atoms with Gasteiger partial charge in [0.05, 0.1) is 13.0 Å². The number of nitrogens with one attached hydrogen (secondary N) is 3. The van der Waals surface area contributed by atoms with Gasteiger partial charge in [-0.3, -0.25) is 29.5 Å². The molecule has 0 aromatic heterocycles. The summed E-state index contributed by atoms with van der Waals surface area (Å²) in [5, 5.41) is 6.87. The highest BCUT2D eigenvalue weighted by Crippen LogP contribution is 2.22. The lowest BCUT2D eigenvalue weighted by Gasteiger charge is -2.24. The zero-order chi connectivity index (χ0) is 25.4. The van der Waals surface area contributed by atoms with Crippen molar-refractivity contribution in [3.63, 3.8) is 0 Å². The van der Waals surface area contributed by atoms with Crippen molar-refractivity contribution >= 4 is 46.6 Å². The number of hydrazine groups is 1. The van der Waals surface area contributed by atoms with Gasteiger partial charge in [0.25, 0.3) is 5.91 Å². The zero-order valence-electron chi connectivity index (χ0n) is 19.7. The number of hydrogen-bond acceptors (Lipinski definition) is 5. The van der Waals surface area contributed by atoms with E-state index >= 15 is 0 Å². The molecule has 184 valence electrons. The van der Waals surface area contributed by atoms with Gasteiger partial charge in [0.1, 0.15) is 6.04 Å². The summed E-state index contributed by atoms with van der Waals surface area (Å²) in [6.45, 7) is 3.90. The van der Waals surface area contributed by atoms with Crippen molar-refractivity contribution in [3.05, 3.63) is 65.7 Å². The molecule has 0 unspecified atom stereocenters. The van der Waals surface area contributed by atoms with Gasteiger partial charge in [0.15, 0.2) is 5.11 Å². The molecule has 3 rings (SSSR count). The van der Waals surface area contributed by atoms with E-state index in [4.69, 9.17) is 12.2 Å². The minimum Gasteiger partial charge on any atom is -0.356 e. The lowest BCUT2D eigenvalue weighted by Crippen LogP contribution is -2.49. The monoisotopic (exact) mass is 495 g/mol. The third kappa shape index (κ3) is 7.35. The maximum atomic E-state index is 13.3. The number of carbonyl (C=O) groups is 4. The number of nitrogens with zero attached hydrogens (tertiary/aromatic N) is 2. The second-order valence-electron chi connectivity index (χ2n) is 8.32. The van der Waals surface area contributed by atoms with Gasteiger partial charge in [-0.1, -0.05) is 42.5 Å². The fourth-order valence-electron chi connectivity index (χ4n) is 3.68. The quantitative estimate of drug-likeness (QED) is 0.345. The van der Waals surface area contributed by atoms with Crippen LogP contribution in [-0.4, -0.2) is 51.2 Å². The van der Waals surface area contributed by atoms with E-state index in [2.05, 4.69) is 16.1 Å². The molecule has 9 nitrogen and oxygen atoms in total. The predicted octanol–water partition coefficient (Wildman–Crippen LogP) is 2.27. The normalized spacial score (nSPS) is 15.2. The molecule has 1 atom stereocenters. The average Bonchev–Trinajstić information content (AvgIpc) is 3.01. The summed E-state index contributed by atoms with van der Waals surface area (Å²) < 4.78 is 0. The first-order valence-corrected chi connectivity index (χ1v) is 11.7. The Morgan fingerprint density at radius 2 is 1.77 bits per heavy atom. The predicted molar refractivity (Wildman–Crippen MR) is 136 cm³/mol. The Hall–Kier alpha value is -3.79. The maximum Gasteiger partial charge on any atom is 0.254 e. The maximum absolute atomic E-state index is 13.3. The van der Waals surface area contributed by atoms with Gasteiger partial charge in [0, 0.05) is 25.6 Å². The Balaban J connectivity index is 1.72. The largest absolute Gasteiger partial charge is 0.356 e. The van der Waals surface area contributed by atoms with Gasteiger partial charge in [-0.2, -0.15) is 0 Å². The summed E-state index contributed by atoms with van der Waals surface area (Å²) in [5.41, 5.74) is 5.17. The molecule has 0 saturated carbocycles. The third-order valence-electron chi connectivity index (χ3n) is 5.36. The Bertz CT molecular complexity index is 1110. The highest BCUT2D eigenvalue weighted by atomic mass is 32.1. The number of anilines is 1. The summed E-state index contributed by atoms with van der Waals surface area (Å²) in [6.07, 6.45) is 0.352. The van der Waals surface area contributed by atoms with Crippen molar-refractivity contribution in [1.82, 2.24) is 20.7 Å². The van der Waals surface area contributed by atoms with Crippen LogP contribution in [-0.2, 0) is 25.7 Å². The summed E-state index contributed by atoms with van der Waals surface area (Å²) in [6, 6.07) is 15.7. The van der Waals surface area contributed by atoms with Crippen molar-refractivity contribution in [2.75, 3.05) is 11.9 Å². The van der Waals surface area contributed by atoms with Crippen molar-refractivity contribution in [2.24, 2.45) is 0 Å². The minimum absolute atomic E-state index is 0.120. The molecule has 4 amide bonds. The molecule has 0 bridgehead atoms. The second kappa shape index (κ2) is 12.1. The highest BCUT2D eigenvalue weighted by Gasteiger charge is 2.44. The molecule has 1 fully saturated rings. The number of carbonyl (C=O) groups excluding carboxylic acids is 4. The minimum atomic E-state index is -0.977. The van der Waals surface area contributed by atoms with Crippen molar-refractivity contribution in [3.8, 4) is 0 Å². The van der Waals surface area contributed by atoms with E-state index < -0.39 is 6.04 Å². The smallest absolute Gasteiger partial charge is 0.254 e. The lowest BCUT2D eigenvalue weighted by molar-refractivity contribution is -0.133. The van der Waals surface area contributed by atoms with Gasteiger partial charge in [-0.15, -0.1) is 0 Å². The first-order chi connectivity index (χ1) is 16.7. The summed E-state index contributed by atoms with van der Waals surface area (Å²) in [7, 11) is 0. The molecule has 1 aliphatic rings. The van der Waals surface area contributed by atoms with Gasteiger partial charge in [-0.05, 0) is 48.8 Å². The fraction of sp³-hybridized carbons (Fsp3) is 0.320. The van der Waals surface area contributed by atoms with Crippen LogP contribution in [0.5, 0.6) is 0 Å². The van der Waals surface area contributed by atoms with E-state index in [1.165, 1.54) is 16.8 Å². The SMILES string of the molecule is CC(=O)NCCCC(=O)NN1C(=S)N(Cc2ccccc2)C(=O)[C@@H]1CC(=O)Nc1cccc(C)c1. The van der Waals surface area contributed by atoms with E-state index in [9.17, 15) is 19.2 Å². The first kappa shape index (κ1) is 25.8. The molecule has 0 radical (unpaired) electrons. The van der Waals surface area contributed by atoms with Crippen LogP contribution in [0.3, 0.4) is 0 Å². The lowest BCUT2D eigenvalue weighted by atomic mass is 10.1. The standard InChI is InChI=1S/C25H29N5O4S/c1-17-8-6-11-20(14-17)27-23(33)15-21-24(34)29(16-19-9-4-3-5-10-19)25(35)30(21)28-22(32)12-7-13-26-18(2)31/h3-6,8-11,14,21H,7,12-13,15-16H2,1-2H3,(H,26,31)(H,27,33)(H,28,32)/t21-/m0/s1. The molecular formula is C25H29N5O4S. The molecule has 0 spiro atoms.